The van der Waals surface area contributed by atoms with E-state index in [-0.39, 0.29) is 35.8 Å². The topological polar surface area (TPSA) is 38.8 Å². The summed E-state index contributed by atoms with van der Waals surface area (Å²) in [4.78, 5) is 13.9. The summed E-state index contributed by atoms with van der Waals surface area (Å²) in [7, 11) is 1.38. The Balaban J connectivity index is 1.39. The molecule has 208 valence electrons. The van der Waals surface area contributed by atoms with Crippen molar-refractivity contribution in [3.8, 4) is 5.75 Å². The lowest BCUT2D eigenvalue weighted by atomic mass is 9.83. The van der Waals surface area contributed by atoms with Crippen molar-refractivity contribution in [3.63, 3.8) is 0 Å². The minimum Gasteiger partial charge on any atom is -0.493 e. The Hall–Kier alpha value is -2.75. The molecule has 0 amide bonds. The number of rotatable bonds is 9. The third-order valence-electron chi connectivity index (χ3n) is 7.47. The van der Waals surface area contributed by atoms with E-state index < -0.39 is 23.5 Å². The van der Waals surface area contributed by atoms with Crippen LogP contribution in [0.2, 0.25) is 0 Å². The van der Waals surface area contributed by atoms with Gasteiger partial charge in [0.1, 0.15) is 5.75 Å². The summed E-state index contributed by atoms with van der Waals surface area (Å²) in [6.07, 6.45) is -6.70. The van der Waals surface area contributed by atoms with Crippen LogP contribution in [0.5, 0.6) is 5.75 Å². The highest BCUT2D eigenvalue weighted by Gasteiger charge is 2.40. The monoisotopic (exact) mass is 543 g/mol. The molecule has 2 fully saturated rings. The van der Waals surface area contributed by atoms with Crippen LogP contribution >= 0.6 is 0 Å². The molecule has 1 saturated carbocycles. The molecule has 1 aliphatic carbocycles. The van der Waals surface area contributed by atoms with Crippen LogP contribution in [0.3, 0.4) is 0 Å². The first kappa shape index (κ1) is 28.3. The third kappa shape index (κ3) is 6.81. The van der Waals surface area contributed by atoms with Crippen molar-refractivity contribution in [1.29, 1.82) is 0 Å². The fourth-order valence-corrected chi connectivity index (χ4v) is 5.39. The maximum absolute atomic E-state index is 13.4. The Morgan fingerprint density at radius 2 is 1.76 bits per heavy atom. The Labute approximate surface area is 217 Å². The highest BCUT2D eigenvalue weighted by molar-refractivity contribution is 5.73. The molecule has 1 heterocycles. The number of hydrogen-bond donors (Lipinski definition) is 0. The summed E-state index contributed by atoms with van der Waals surface area (Å²) in [5.41, 5.74) is -1.52. The van der Waals surface area contributed by atoms with E-state index in [9.17, 15) is 31.1 Å². The van der Waals surface area contributed by atoms with Gasteiger partial charge in [-0.25, -0.2) is 0 Å². The van der Waals surface area contributed by atoms with Crippen molar-refractivity contribution in [2.24, 2.45) is 17.8 Å². The lowest BCUT2D eigenvalue weighted by Crippen LogP contribution is -2.24. The maximum Gasteiger partial charge on any atom is 0.416 e. The van der Waals surface area contributed by atoms with Gasteiger partial charge in [0, 0.05) is 19.0 Å². The molecular weight excluding hydrogens is 512 g/mol. The van der Waals surface area contributed by atoms with Crippen LogP contribution in [-0.4, -0.2) is 37.7 Å². The number of methoxy groups -OCH3 is 1. The molecule has 4 rings (SSSR count). The number of hydrogen-bond acceptors (Lipinski definition) is 4. The summed E-state index contributed by atoms with van der Waals surface area (Å²) in [5, 5.41) is 0. The van der Waals surface area contributed by atoms with Crippen molar-refractivity contribution in [3.05, 3.63) is 64.7 Å². The number of benzene rings is 2. The van der Waals surface area contributed by atoms with Crippen molar-refractivity contribution in [1.82, 2.24) is 4.90 Å². The predicted octanol–water partition coefficient (Wildman–Crippen LogP) is 6.93. The van der Waals surface area contributed by atoms with Gasteiger partial charge < -0.3 is 9.47 Å². The number of nitrogens with zero attached hydrogens (tertiary/aromatic N) is 1. The van der Waals surface area contributed by atoms with E-state index in [1.807, 2.05) is 31.2 Å². The molecule has 0 radical (unpaired) electrons. The highest BCUT2D eigenvalue weighted by Crippen LogP contribution is 2.47. The van der Waals surface area contributed by atoms with E-state index in [0.29, 0.717) is 56.0 Å². The number of carbonyl (C=O) groups is 1. The summed E-state index contributed by atoms with van der Waals surface area (Å²) in [6.45, 7) is 2.85. The quantitative estimate of drug-likeness (QED) is 0.254. The van der Waals surface area contributed by atoms with Crippen LogP contribution in [-0.2, 0) is 28.4 Å². The van der Waals surface area contributed by atoms with Crippen molar-refractivity contribution in [2.75, 3.05) is 26.8 Å². The molecule has 1 aliphatic heterocycles. The first-order valence-electron chi connectivity index (χ1n) is 12.7. The average molecular weight is 544 g/mol. The molecule has 2 aromatic carbocycles. The zero-order valence-electron chi connectivity index (χ0n) is 21.2. The highest BCUT2D eigenvalue weighted by atomic mass is 19.4. The van der Waals surface area contributed by atoms with E-state index in [1.165, 1.54) is 7.11 Å². The second kappa shape index (κ2) is 11.2. The Bertz CT molecular complexity index is 1130. The second-order valence-electron chi connectivity index (χ2n) is 10.3. The van der Waals surface area contributed by atoms with E-state index in [1.54, 1.807) is 4.90 Å². The zero-order valence-corrected chi connectivity index (χ0v) is 21.2. The number of alkyl halides is 6. The molecule has 0 bridgehead atoms. The van der Waals surface area contributed by atoms with Gasteiger partial charge >= 0.3 is 18.3 Å². The first-order valence-corrected chi connectivity index (χ1v) is 12.7. The van der Waals surface area contributed by atoms with Crippen LogP contribution in [0.25, 0.3) is 0 Å². The van der Waals surface area contributed by atoms with E-state index >= 15 is 0 Å². The van der Waals surface area contributed by atoms with Crippen LogP contribution in [0, 0.1) is 17.8 Å². The molecule has 4 nitrogen and oxygen atoms in total. The molecule has 2 aliphatic rings. The Morgan fingerprint density at radius 1 is 1.03 bits per heavy atom. The maximum atomic E-state index is 13.4. The third-order valence-corrected chi connectivity index (χ3v) is 7.47. The number of carbonyl (C=O) groups excluding carboxylic acids is 1. The Kier molecular flexibility index (Phi) is 8.30. The number of halogens is 6. The fraction of sp³-hybridized carbons (Fsp3) is 0.536. The Morgan fingerprint density at radius 3 is 2.39 bits per heavy atom. The largest absolute Gasteiger partial charge is 0.493 e. The summed E-state index contributed by atoms with van der Waals surface area (Å²) >= 11 is 0. The first-order chi connectivity index (χ1) is 17.9. The summed E-state index contributed by atoms with van der Waals surface area (Å²) in [6, 6.07) is 9.17. The molecule has 0 spiro atoms. The zero-order chi connectivity index (χ0) is 27.7. The van der Waals surface area contributed by atoms with Gasteiger partial charge in [-0.05, 0) is 79.1 Å². The normalized spacial score (nSPS) is 20.3. The van der Waals surface area contributed by atoms with Crippen LogP contribution < -0.4 is 4.74 Å². The minimum absolute atomic E-state index is 0.0204. The minimum atomic E-state index is -4.74. The van der Waals surface area contributed by atoms with Crippen LogP contribution in [0.4, 0.5) is 26.3 Å². The molecule has 10 heteroatoms. The van der Waals surface area contributed by atoms with E-state index in [0.717, 1.165) is 18.4 Å². The van der Waals surface area contributed by atoms with Gasteiger partial charge in [0.2, 0.25) is 0 Å². The number of likely N-dealkylation sites (tertiary alicyclic amines) is 1. The van der Waals surface area contributed by atoms with Gasteiger partial charge in [-0.3, -0.25) is 9.69 Å². The van der Waals surface area contributed by atoms with E-state index in [2.05, 4.69) is 0 Å². The van der Waals surface area contributed by atoms with Crippen molar-refractivity contribution in [2.45, 2.75) is 51.0 Å². The molecule has 38 heavy (non-hydrogen) atoms. The lowest BCUT2D eigenvalue weighted by Gasteiger charge is -2.23. The van der Waals surface area contributed by atoms with Crippen LogP contribution in [0.15, 0.2) is 42.5 Å². The van der Waals surface area contributed by atoms with E-state index in [4.69, 9.17) is 9.47 Å². The number of ether oxygens (including phenoxy) is 2. The molecule has 3 atom stereocenters. The van der Waals surface area contributed by atoms with Crippen LogP contribution in [0.1, 0.15) is 54.4 Å². The fourth-order valence-electron chi connectivity index (χ4n) is 5.39. The molecule has 3 unspecified atom stereocenters. The van der Waals surface area contributed by atoms with Gasteiger partial charge in [-0.1, -0.05) is 19.1 Å². The lowest BCUT2D eigenvalue weighted by molar-refractivity contribution is -0.146. The van der Waals surface area contributed by atoms with Gasteiger partial charge in [0.05, 0.1) is 30.8 Å². The average Bonchev–Trinajstić information content (AvgIpc) is 3.59. The molecule has 0 N–H and O–H groups in total. The smallest absolute Gasteiger partial charge is 0.416 e. The molecule has 2 aromatic rings. The predicted molar refractivity (Wildman–Crippen MR) is 128 cm³/mol. The van der Waals surface area contributed by atoms with Gasteiger partial charge in [0.25, 0.3) is 0 Å². The van der Waals surface area contributed by atoms with Gasteiger partial charge in [-0.2, -0.15) is 26.3 Å². The summed E-state index contributed by atoms with van der Waals surface area (Å²) < 4.78 is 90.7. The summed E-state index contributed by atoms with van der Waals surface area (Å²) in [5.74, 6) is 0.564. The number of esters is 1. The molecule has 0 aromatic heterocycles. The molecular formula is C28H31F6NO3. The van der Waals surface area contributed by atoms with Gasteiger partial charge in [0.15, 0.2) is 0 Å². The molecule has 1 saturated heterocycles. The van der Waals surface area contributed by atoms with Crippen molar-refractivity contribution >= 4 is 5.97 Å². The van der Waals surface area contributed by atoms with Gasteiger partial charge in [-0.15, -0.1) is 0 Å². The SMILES string of the molecule is COC(=O)C(C)C(c1cccc(OCC2CCN(Cc3cc(C(F)(F)F)ccc3C(F)(F)F)C2)c1)C1CC1. The van der Waals surface area contributed by atoms with Crippen molar-refractivity contribution < 1.29 is 40.6 Å². The standard InChI is InChI=1S/C28H31F6NO3/c1-17(26(36)37-2)25(19-6-7-19)20-4-3-5-23(13-20)38-16-18-10-11-35(14-18)15-21-12-22(27(29,30)31)8-9-24(21)28(32,33)34/h3-5,8-9,12-13,17-19,25H,6-7,10-11,14-16H2,1-2H3. The second-order valence-corrected chi connectivity index (χ2v) is 10.3.